The van der Waals surface area contributed by atoms with Crippen LogP contribution in [0.25, 0.3) is 0 Å². The van der Waals surface area contributed by atoms with Gasteiger partial charge in [0.05, 0.1) is 18.8 Å². The van der Waals surface area contributed by atoms with Gasteiger partial charge in [-0.3, -0.25) is 0 Å². The molecule has 1 aromatic rings. The molecule has 0 atom stereocenters. The summed E-state index contributed by atoms with van der Waals surface area (Å²) in [6.45, 7) is 5.57. The molecule has 0 amide bonds. The molecule has 1 aromatic heterocycles. The van der Waals surface area contributed by atoms with Crippen molar-refractivity contribution in [2.75, 3.05) is 6.61 Å². The van der Waals surface area contributed by atoms with Gasteiger partial charge in [0.1, 0.15) is 4.60 Å². The first kappa shape index (κ1) is 11.6. The molecule has 0 aliphatic heterocycles. The fraction of sp³-hybridized carbons (Fsp3) is 0.500. The summed E-state index contributed by atoms with van der Waals surface area (Å²) in [6, 6.07) is 5.81. The Kier molecular flexibility index (Phi) is 5.07. The molecule has 0 saturated heterocycles. The summed E-state index contributed by atoms with van der Waals surface area (Å²) in [5.74, 6) is 0.540. The molecule has 3 nitrogen and oxygen atoms in total. The lowest BCUT2D eigenvalue weighted by Crippen LogP contribution is -2.18. The van der Waals surface area contributed by atoms with Crippen molar-refractivity contribution in [3.63, 3.8) is 0 Å². The van der Waals surface area contributed by atoms with Crippen molar-refractivity contribution in [2.45, 2.75) is 20.4 Å². The van der Waals surface area contributed by atoms with Crippen LogP contribution in [0, 0.1) is 5.92 Å². The summed E-state index contributed by atoms with van der Waals surface area (Å²) in [7, 11) is 0. The van der Waals surface area contributed by atoms with Gasteiger partial charge in [0.2, 0.25) is 0 Å². The van der Waals surface area contributed by atoms with Crippen LogP contribution < -0.4 is 5.48 Å². The molecule has 78 valence electrons. The largest absolute Gasteiger partial charge is 0.301 e. The Morgan fingerprint density at radius 3 is 2.93 bits per heavy atom. The summed E-state index contributed by atoms with van der Waals surface area (Å²) in [6.07, 6.45) is 0. The van der Waals surface area contributed by atoms with Crippen LogP contribution >= 0.6 is 15.9 Å². The lowest BCUT2D eigenvalue weighted by atomic mass is 10.2. The molecule has 0 aliphatic carbocycles. The molecule has 0 unspecified atom stereocenters. The summed E-state index contributed by atoms with van der Waals surface area (Å²) >= 11 is 3.31. The fourth-order valence-corrected chi connectivity index (χ4v) is 1.28. The highest BCUT2D eigenvalue weighted by Crippen LogP contribution is 2.05. The van der Waals surface area contributed by atoms with Crippen molar-refractivity contribution in [3.8, 4) is 0 Å². The number of nitrogens with zero attached hydrogens (tertiary/aromatic N) is 1. The predicted molar refractivity (Wildman–Crippen MR) is 59.6 cm³/mol. The Morgan fingerprint density at radius 1 is 1.50 bits per heavy atom. The molecular weight excluding hydrogens is 244 g/mol. The Labute approximate surface area is 93.0 Å². The highest BCUT2D eigenvalue weighted by molar-refractivity contribution is 9.10. The standard InChI is InChI=1S/C10H15BrN2O/c1-8(2)7-14-12-6-9-4-3-5-10(11)13-9/h3-5,8,12H,6-7H2,1-2H3. The van der Waals surface area contributed by atoms with Gasteiger partial charge in [-0.25, -0.2) is 4.98 Å². The van der Waals surface area contributed by atoms with E-state index < -0.39 is 0 Å². The quantitative estimate of drug-likeness (QED) is 0.501. The maximum absolute atomic E-state index is 5.23. The van der Waals surface area contributed by atoms with Crippen molar-refractivity contribution in [1.82, 2.24) is 10.5 Å². The summed E-state index contributed by atoms with van der Waals surface area (Å²) in [5.41, 5.74) is 3.84. The smallest absolute Gasteiger partial charge is 0.106 e. The van der Waals surface area contributed by atoms with Crippen molar-refractivity contribution in [1.29, 1.82) is 0 Å². The SMILES string of the molecule is CC(C)CONCc1cccc(Br)n1. The number of hydrogen-bond donors (Lipinski definition) is 1. The number of pyridine rings is 1. The molecule has 0 aliphatic rings. The zero-order valence-electron chi connectivity index (χ0n) is 8.46. The predicted octanol–water partition coefficient (Wildman–Crippen LogP) is 2.52. The van der Waals surface area contributed by atoms with Crippen LogP contribution in [0.4, 0.5) is 0 Å². The zero-order valence-corrected chi connectivity index (χ0v) is 10.0. The minimum absolute atomic E-state index is 0.540. The second-order valence-corrected chi connectivity index (χ2v) is 4.29. The van der Waals surface area contributed by atoms with Gasteiger partial charge >= 0.3 is 0 Å². The van der Waals surface area contributed by atoms with Crippen LogP contribution in [-0.2, 0) is 11.4 Å². The molecular formula is C10H15BrN2O. The summed E-state index contributed by atoms with van der Waals surface area (Å²) in [4.78, 5) is 9.50. The zero-order chi connectivity index (χ0) is 10.4. The molecule has 0 saturated carbocycles. The number of halogens is 1. The first-order valence-corrected chi connectivity index (χ1v) is 5.44. The average molecular weight is 259 g/mol. The average Bonchev–Trinajstić information content (AvgIpc) is 2.12. The first-order chi connectivity index (χ1) is 6.68. The van der Waals surface area contributed by atoms with Crippen LogP contribution in [0.15, 0.2) is 22.8 Å². The van der Waals surface area contributed by atoms with Gasteiger partial charge in [-0.15, -0.1) is 0 Å². The van der Waals surface area contributed by atoms with Crippen molar-refractivity contribution in [3.05, 3.63) is 28.5 Å². The number of aromatic nitrogens is 1. The minimum atomic E-state index is 0.540. The Hall–Kier alpha value is -0.450. The van der Waals surface area contributed by atoms with Crippen LogP contribution in [-0.4, -0.2) is 11.6 Å². The maximum atomic E-state index is 5.23. The number of hydroxylamine groups is 1. The molecule has 0 bridgehead atoms. The Morgan fingerprint density at radius 2 is 2.29 bits per heavy atom. The highest BCUT2D eigenvalue weighted by atomic mass is 79.9. The van der Waals surface area contributed by atoms with Crippen LogP contribution in [0.2, 0.25) is 0 Å². The lowest BCUT2D eigenvalue weighted by molar-refractivity contribution is 0.0190. The van der Waals surface area contributed by atoms with E-state index in [2.05, 4.69) is 40.2 Å². The van der Waals surface area contributed by atoms with E-state index in [4.69, 9.17) is 4.84 Å². The van der Waals surface area contributed by atoms with E-state index in [0.717, 1.165) is 10.3 Å². The van der Waals surface area contributed by atoms with E-state index in [1.165, 1.54) is 0 Å². The van der Waals surface area contributed by atoms with Gasteiger partial charge in [-0.05, 0) is 34.0 Å². The third kappa shape index (κ3) is 4.69. The number of hydrogen-bond acceptors (Lipinski definition) is 3. The third-order valence-electron chi connectivity index (χ3n) is 1.54. The normalized spacial score (nSPS) is 10.9. The van der Waals surface area contributed by atoms with E-state index in [1.54, 1.807) is 0 Å². The second-order valence-electron chi connectivity index (χ2n) is 3.48. The van der Waals surface area contributed by atoms with E-state index >= 15 is 0 Å². The molecule has 0 spiro atoms. The minimum Gasteiger partial charge on any atom is -0.301 e. The van der Waals surface area contributed by atoms with Crippen molar-refractivity contribution >= 4 is 15.9 Å². The van der Waals surface area contributed by atoms with Crippen LogP contribution in [0.5, 0.6) is 0 Å². The molecule has 4 heteroatoms. The van der Waals surface area contributed by atoms with Crippen molar-refractivity contribution in [2.24, 2.45) is 5.92 Å². The van der Waals surface area contributed by atoms with Gasteiger partial charge in [-0.1, -0.05) is 19.9 Å². The monoisotopic (exact) mass is 258 g/mol. The van der Waals surface area contributed by atoms with Gasteiger partial charge in [0, 0.05) is 0 Å². The van der Waals surface area contributed by atoms with E-state index in [1.807, 2.05) is 18.2 Å². The maximum Gasteiger partial charge on any atom is 0.106 e. The van der Waals surface area contributed by atoms with E-state index in [0.29, 0.717) is 19.1 Å². The molecule has 0 fully saturated rings. The lowest BCUT2D eigenvalue weighted by Gasteiger charge is -2.07. The van der Waals surface area contributed by atoms with Crippen LogP contribution in [0.1, 0.15) is 19.5 Å². The van der Waals surface area contributed by atoms with Crippen molar-refractivity contribution < 1.29 is 4.84 Å². The van der Waals surface area contributed by atoms with Gasteiger partial charge in [0.15, 0.2) is 0 Å². The van der Waals surface area contributed by atoms with E-state index in [-0.39, 0.29) is 0 Å². The second kappa shape index (κ2) is 6.11. The molecule has 1 rings (SSSR count). The van der Waals surface area contributed by atoms with Gasteiger partial charge in [0.25, 0.3) is 0 Å². The Bertz CT molecular complexity index is 279. The molecule has 0 aromatic carbocycles. The topological polar surface area (TPSA) is 34.1 Å². The molecule has 14 heavy (non-hydrogen) atoms. The third-order valence-corrected chi connectivity index (χ3v) is 1.99. The molecule has 0 radical (unpaired) electrons. The Balaban J connectivity index is 2.25. The van der Waals surface area contributed by atoms with E-state index in [9.17, 15) is 0 Å². The highest BCUT2D eigenvalue weighted by Gasteiger charge is 1.96. The summed E-state index contributed by atoms with van der Waals surface area (Å²) < 4.78 is 0.848. The van der Waals surface area contributed by atoms with Crippen LogP contribution in [0.3, 0.4) is 0 Å². The molecule has 1 heterocycles. The molecule has 1 N–H and O–H groups in total. The summed E-state index contributed by atoms with van der Waals surface area (Å²) in [5, 5.41) is 0. The first-order valence-electron chi connectivity index (χ1n) is 4.64. The number of rotatable bonds is 5. The number of nitrogens with one attached hydrogen (secondary N) is 1. The van der Waals surface area contributed by atoms with Gasteiger partial charge < -0.3 is 4.84 Å². The van der Waals surface area contributed by atoms with Gasteiger partial charge in [-0.2, -0.15) is 5.48 Å². The fourth-order valence-electron chi connectivity index (χ4n) is 0.899.